The van der Waals surface area contributed by atoms with Gasteiger partial charge in [0.1, 0.15) is 0 Å². The molecule has 1 unspecified atom stereocenters. The van der Waals surface area contributed by atoms with Crippen LogP contribution in [0.25, 0.3) is 0 Å². The zero-order valence-corrected chi connectivity index (χ0v) is 14.9. The standard InChI is InChI=1S/C17H21N5O2S/c1-2-18-17-19-9-12(10-20-17)15(23)21-13-5-3-7-22(11-13)16(24)14-6-4-8-25-14/h4,6,8-10,13H,2-3,5,7,11H2,1H3,(H,21,23)(H,18,19,20). The minimum absolute atomic E-state index is 0.0345. The Morgan fingerprint density at radius 3 is 2.84 bits per heavy atom. The molecule has 3 rings (SSSR count). The molecule has 3 heterocycles. The number of anilines is 1. The number of carbonyl (C=O) groups is 2. The van der Waals surface area contributed by atoms with Crippen LogP contribution in [0.1, 0.15) is 39.8 Å². The van der Waals surface area contributed by atoms with E-state index < -0.39 is 0 Å². The number of thiophene rings is 1. The van der Waals surface area contributed by atoms with Gasteiger partial charge in [0, 0.05) is 38.1 Å². The first-order valence-electron chi connectivity index (χ1n) is 8.37. The summed E-state index contributed by atoms with van der Waals surface area (Å²) in [5, 5.41) is 7.87. The Balaban J connectivity index is 1.58. The molecule has 1 aliphatic heterocycles. The molecule has 8 heteroatoms. The fourth-order valence-electron chi connectivity index (χ4n) is 2.80. The maximum Gasteiger partial charge on any atom is 0.263 e. The van der Waals surface area contributed by atoms with E-state index in [9.17, 15) is 9.59 Å². The Labute approximate surface area is 150 Å². The van der Waals surface area contributed by atoms with Gasteiger partial charge < -0.3 is 15.5 Å². The number of hydrogen-bond acceptors (Lipinski definition) is 6. The van der Waals surface area contributed by atoms with E-state index in [0.29, 0.717) is 18.1 Å². The van der Waals surface area contributed by atoms with Gasteiger partial charge in [0.25, 0.3) is 11.8 Å². The van der Waals surface area contributed by atoms with Crippen LogP contribution in [-0.2, 0) is 0 Å². The Kier molecular flexibility index (Phi) is 5.60. The second-order valence-electron chi connectivity index (χ2n) is 5.87. The summed E-state index contributed by atoms with van der Waals surface area (Å²) in [7, 11) is 0. The molecule has 0 aromatic carbocycles. The van der Waals surface area contributed by atoms with Gasteiger partial charge >= 0.3 is 0 Å². The van der Waals surface area contributed by atoms with Gasteiger partial charge in [-0.15, -0.1) is 11.3 Å². The van der Waals surface area contributed by atoms with Gasteiger partial charge in [-0.25, -0.2) is 9.97 Å². The van der Waals surface area contributed by atoms with E-state index >= 15 is 0 Å². The summed E-state index contributed by atoms with van der Waals surface area (Å²) >= 11 is 1.44. The van der Waals surface area contributed by atoms with Crippen molar-refractivity contribution in [1.29, 1.82) is 0 Å². The number of likely N-dealkylation sites (tertiary alicyclic amines) is 1. The van der Waals surface area contributed by atoms with Crippen molar-refractivity contribution in [3.63, 3.8) is 0 Å². The van der Waals surface area contributed by atoms with Crippen LogP contribution in [0, 0.1) is 0 Å². The van der Waals surface area contributed by atoms with Gasteiger partial charge in [0.15, 0.2) is 0 Å². The molecule has 7 nitrogen and oxygen atoms in total. The molecule has 0 radical (unpaired) electrons. The lowest BCUT2D eigenvalue weighted by Gasteiger charge is -2.33. The topological polar surface area (TPSA) is 87.2 Å². The molecular formula is C17H21N5O2S. The summed E-state index contributed by atoms with van der Waals surface area (Å²) in [6.07, 6.45) is 4.75. The number of rotatable bonds is 5. The van der Waals surface area contributed by atoms with Crippen LogP contribution in [-0.4, -0.2) is 52.4 Å². The highest BCUT2D eigenvalue weighted by molar-refractivity contribution is 7.12. The van der Waals surface area contributed by atoms with Crippen LogP contribution < -0.4 is 10.6 Å². The number of amides is 2. The summed E-state index contributed by atoms with van der Waals surface area (Å²) in [6.45, 7) is 3.93. The van der Waals surface area contributed by atoms with Gasteiger partial charge in [0.2, 0.25) is 5.95 Å². The number of nitrogens with one attached hydrogen (secondary N) is 2. The molecule has 1 atom stereocenters. The lowest BCUT2D eigenvalue weighted by atomic mass is 10.0. The Morgan fingerprint density at radius 1 is 1.36 bits per heavy atom. The van der Waals surface area contributed by atoms with Crippen LogP contribution in [0.5, 0.6) is 0 Å². The van der Waals surface area contributed by atoms with Crippen molar-refractivity contribution < 1.29 is 9.59 Å². The molecule has 0 aliphatic carbocycles. The minimum Gasteiger partial charge on any atom is -0.355 e. The van der Waals surface area contributed by atoms with Crippen molar-refractivity contribution in [2.75, 3.05) is 25.0 Å². The summed E-state index contributed by atoms with van der Waals surface area (Å²) < 4.78 is 0. The van der Waals surface area contributed by atoms with E-state index in [1.165, 1.54) is 23.7 Å². The van der Waals surface area contributed by atoms with E-state index in [4.69, 9.17) is 0 Å². The quantitative estimate of drug-likeness (QED) is 0.853. The highest BCUT2D eigenvalue weighted by Gasteiger charge is 2.26. The van der Waals surface area contributed by atoms with E-state index in [1.807, 2.05) is 29.3 Å². The van der Waals surface area contributed by atoms with Crippen molar-refractivity contribution >= 4 is 29.1 Å². The molecule has 0 saturated carbocycles. The molecule has 1 saturated heterocycles. The highest BCUT2D eigenvalue weighted by atomic mass is 32.1. The summed E-state index contributed by atoms with van der Waals surface area (Å²) in [5.41, 5.74) is 0.420. The Hall–Kier alpha value is -2.48. The number of carbonyl (C=O) groups excluding carboxylic acids is 2. The third-order valence-electron chi connectivity index (χ3n) is 4.02. The highest BCUT2D eigenvalue weighted by Crippen LogP contribution is 2.17. The zero-order chi connectivity index (χ0) is 17.6. The largest absolute Gasteiger partial charge is 0.355 e. The van der Waals surface area contributed by atoms with Crippen LogP contribution in [0.2, 0.25) is 0 Å². The molecule has 2 amide bonds. The first-order valence-corrected chi connectivity index (χ1v) is 9.25. The van der Waals surface area contributed by atoms with Gasteiger partial charge in [0.05, 0.1) is 10.4 Å². The fraction of sp³-hybridized carbons (Fsp3) is 0.412. The van der Waals surface area contributed by atoms with E-state index in [0.717, 1.165) is 30.8 Å². The van der Waals surface area contributed by atoms with Crippen LogP contribution in [0.3, 0.4) is 0 Å². The number of piperidine rings is 1. The number of nitrogens with zero attached hydrogens (tertiary/aromatic N) is 3. The normalized spacial score (nSPS) is 17.2. The van der Waals surface area contributed by atoms with Crippen molar-refractivity contribution in [3.05, 3.63) is 40.3 Å². The van der Waals surface area contributed by atoms with Crippen LogP contribution in [0.15, 0.2) is 29.9 Å². The predicted octanol–water partition coefficient (Wildman–Crippen LogP) is 2.00. The molecule has 2 N–H and O–H groups in total. The second kappa shape index (κ2) is 8.06. The van der Waals surface area contributed by atoms with Crippen molar-refractivity contribution in [1.82, 2.24) is 20.2 Å². The molecule has 132 valence electrons. The average molecular weight is 359 g/mol. The molecule has 1 fully saturated rings. The summed E-state index contributed by atoms with van der Waals surface area (Å²) in [5.74, 6) is 0.329. The van der Waals surface area contributed by atoms with Crippen LogP contribution in [0.4, 0.5) is 5.95 Å². The predicted molar refractivity (Wildman–Crippen MR) is 96.9 cm³/mol. The van der Waals surface area contributed by atoms with Crippen molar-refractivity contribution in [2.45, 2.75) is 25.8 Å². The van der Waals surface area contributed by atoms with Gasteiger partial charge in [-0.3, -0.25) is 9.59 Å². The fourth-order valence-corrected chi connectivity index (χ4v) is 3.49. The summed E-state index contributed by atoms with van der Waals surface area (Å²) in [4.78, 5) is 35.6. The van der Waals surface area contributed by atoms with E-state index in [1.54, 1.807) is 0 Å². The van der Waals surface area contributed by atoms with Gasteiger partial charge in [-0.05, 0) is 31.2 Å². The van der Waals surface area contributed by atoms with Crippen LogP contribution >= 0.6 is 11.3 Å². The van der Waals surface area contributed by atoms with Crippen molar-refractivity contribution in [2.24, 2.45) is 0 Å². The second-order valence-corrected chi connectivity index (χ2v) is 6.81. The number of aromatic nitrogens is 2. The van der Waals surface area contributed by atoms with Gasteiger partial charge in [-0.1, -0.05) is 6.07 Å². The third-order valence-corrected chi connectivity index (χ3v) is 4.88. The maximum absolute atomic E-state index is 12.5. The third kappa shape index (κ3) is 4.33. The van der Waals surface area contributed by atoms with E-state index in [2.05, 4.69) is 20.6 Å². The molecule has 1 aliphatic rings. The molecule has 2 aromatic rings. The minimum atomic E-state index is -0.210. The number of hydrogen-bond donors (Lipinski definition) is 2. The molecule has 0 bridgehead atoms. The lowest BCUT2D eigenvalue weighted by Crippen LogP contribution is -2.49. The first-order chi connectivity index (χ1) is 12.2. The smallest absolute Gasteiger partial charge is 0.263 e. The Bertz CT molecular complexity index is 717. The monoisotopic (exact) mass is 359 g/mol. The summed E-state index contributed by atoms with van der Waals surface area (Å²) in [6, 6.07) is 3.65. The molecule has 0 spiro atoms. The van der Waals surface area contributed by atoms with Crippen molar-refractivity contribution in [3.8, 4) is 0 Å². The SMILES string of the molecule is CCNc1ncc(C(=O)NC2CCCN(C(=O)c3cccs3)C2)cn1. The molecule has 2 aromatic heterocycles. The maximum atomic E-state index is 12.5. The Morgan fingerprint density at radius 2 is 2.16 bits per heavy atom. The van der Waals surface area contributed by atoms with Gasteiger partial charge in [-0.2, -0.15) is 0 Å². The lowest BCUT2D eigenvalue weighted by molar-refractivity contribution is 0.0680. The first kappa shape index (κ1) is 17.3. The molecular weight excluding hydrogens is 338 g/mol. The zero-order valence-electron chi connectivity index (χ0n) is 14.1. The molecule has 25 heavy (non-hydrogen) atoms. The van der Waals surface area contributed by atoms with E-state index in [-0.39, 0.29) is 17.9 Å². The average Bonchev–Trinajstić information content (AvgIpc) is 3.17.